The molecule has 2 atom stereocenters. The van der Waals surface area contributed by atoms with Gasteiger partial charge in [0.05, 0.1) is 12.8 Å². The van der Waals surface area contributed by atoms with Crippen molar-refractivity contribution in [2.75, 3.05) is 37.9 Å². The number of methoxy groups -OCH3 is 1. The predicted octanol–water partition coefficient (Wildman–Crippen LogP) is 4.02. The molecule has 0 aliphatic heterocycles. The van der Waals surface area contributed by atoms with E-state index >= 15 is 0 Å². The van der Waals surface area contributed by atoms with Crippen LogP contribution >= 0.6 is 12.6 Å². The molecule has 0 saturated heterocycles. The molecule has 1 unspecified atom stereocenters. The number of nitrogens with one attached hydrogen (secondary N) is 3. The topological polar surface area (TPSA) is 101 Å². The number of aromatic nitrogens is 3. The van der Waals surface area contributed by atoms with Gasteiger partial charge in [-0.05, 0) is 35.7 Å². The van der Waals surface area contributed by atoms with Crippen LogP contribution in [-0.2, 0) is 0 Å². The van der Waals surface area contributed by atoms with E-state index in [1.807, 2.05) is 24.3 Å². The minimum atomic E-state index is -0.154. The fourth-order valence-electron chi connectivity index (χ4n) is 3.40. The summed E-state index contributed by atoms with van der Waals surface area (Å²) in [6, 6.07) is 11.2. The summed E-state index contributed by atoms with van der Waals surface area (Å²) in [5.74, 6) is 2.05. The maximum Gasteiger partial charge on any atom is 0.251 e. The van der Waals surface area contributed by atoms with E-state index in [2.05, 4.69) is 44.4 Å². The van der Waals surface area contributed by atoms with Crippen LogP contribution in [0.3, 0.4) is 0 Å². The van der Waals surface area contributed by atoms with Gasteiger partial charge in [-0.3, -0.25) is 4.79 Å². The van der Waals surface area contributed by atoms with Crippen LogP contribution in [0.1, 0.15) is 28.8 Å². The first-order valence-corrected chi connectivity index (χ1v) is 11.4. The number of thiol groups is 1. The molecule has 8 nitrogen and oxygen atoms in total. The summed E-state index contributed by atoms with van der Waals surface area (Å²) in [7, 11) is 3.21. The second-order valence-electron chi connectivity index (χ2n) is 7.66. The summed E-state index contributed by atoms with van der Waals surface area (Å²) >= 11 is 4.81. The Kier molecular flexibility index (Phi) is 8.86. The molecule has 3 aromatic rings. The van der Waals surface area contributed by atoms with Crippen LogP contribution in [0.5, 0.6) is 5.75 Å². The van der Waals surface area contributed by atoms with Crippen molar-refractivity contribution in [3.8, 4) is 17.0 Å². The van der Waals surface area contributed by atoms with Gasteiger partial charge in [-0.15, -0.1) is 6.58 Å². The van der Waals surface area contributed by atoms with E-state index in [4.69, 9.17) is 17.4 Å². The third-order valence-electron chi connectivity index (χ3n) is 5.44. The van der Waals surface area contributed by atoms with Crippen molar-refractivity contribution in [3.05, 3.63) is 72.7 Å². The van der Waals surface area contributed by atoms with Gasteiger partial charge in [0, 0.05) is 48.8 Å². The van der Waals surface area contributed by atoms with Crippen LogP contribution in [-0.4, -0.2) is 53.4 Å². The van der Waals surface area contributed by atoms with Gasteiger partial charge in [0.25, 0.3) is 5.91 Å². The molecule has 1 amide bonds. The third-order valence-corrected chi connectivity index (χ3v) is 6.07. The molecule has 0 fully saturated rings. The lowest BCUT2D eigenvalue weighted by molar-refractivity contribution is 0.0962. The predicted molar refractivity (Wildman–Crippen MR) is 140 cm³/mol. The quantitative estimate of drug-likeness (QED) is 0.244. The number of carbonyl (C=O) groups is 1. The van der Waals surface area contributed by atoms with Gasteiger partial charge in [0.15, 0.2) is 0 Å². The average molecular weight is 479 g/mol. The number of hydrogen-bond donors (Lipinski definition) is 4. The zero-order valence-electron chi connectivity index (χ0n) is 19.6. The first-order valence-electron chi connectivity index (χ1n) is 10.9. The standard InChI is InChI=1S/C25H30N6O2S/c1-5-10-27-23-9-7-18(13-28-23)20-12-24(31-15-30-20)29-14-22(34)16(2)19-8-6-17(25(32)26-3)11-21(19)33-4/h5-9,11-13,15-16,22,34H,1,10,14H2,2-4H3,(H,26,32)(H,27,28)(H,29,30,31)/t16-,22?/m0/s1. The van der Waals surface area contributed by atoms with Gasteiger partial charge in [-0.1, -0.05) is 19.1 Å². The molecule has 0 radical (unpaired) electrons. The average Bonchev–Trinajstić information content (AvgIpc) is 2.89. The lowest BCUT2D eigenvalue weighted by Crippen LogP contribution is -2.22. The van der Waals surface area contributed by atoms with E-state index in [0.29, 0.717) is 30.2 Å². The molecule has 2 heterocycles. The zero-order valence-corrected chi connectivity index (χ0v) is 20.5. The first kappa shape index (κ1) is 25.0. The number of anilines is 2. The molecule has 9 heteroatoms. The number of pyridine rings is 1. The van der Waals surface area contributed by atoms with Crippen molar-refractivity contribution in [3.63, 3.8) is 0 Å². The minimum absolute atomic E-state index is 0.0324. The van der Waals surface area contributed by atoms with Crippen LogP contribution in [0.25, 0.3) is 11.3 Å². The number of carbonyl (C=O) groups excluding carboxylic acids is 1. The van der Waals surface area contributed by atoms with E-state index in [1.54, 1.807) is 38.6 Å². The van der Waals surface area contributed by atoms with E-state index < -0.39 is 0 Å². The molecule has 1 aromatic carbocycles. The highest BCUT2D eigenvalue weighted by atomic mass is 32.1. The Balaban J connectivity index is 1.66. The van der Waals surface area contributed by atoms with Gasteiger partial charge in [-0.25, -0.2) is 15.0 Å². The van der Waals surface area contributed by atoms with Crippen LogP contribution in [0.2, 0.25) is 0 Å². The van der Waals surface area contributed by atoms with E-state index in [9.17, 15) is 4.79 Å². The zero-order chi connectivity index (χ0) is 24.5. The molecule has 0 saturated carbocycles. The van der Waals surface area contributed by atoms with Gasteiger partial charge in [0.1, 0.15) is 23.7 Å². The Morgan fingerprint density at radius 2 is 1.97 bits per heavy atom. The SMILES string of the molecule is C=CCNc1ccc(-c2cc(NCC(S)[C@@H](C)c3ccc(C(=O)NC)cc3OC)ncn2)cn1. The van der Waals surface area contributed by atoms with Gasteiger partial charge >= 0.3 is 0 Å². The number of rotatable bonds is 11. The van der Waals surface area contributed by atoms with Gasteiger partial charge < -0.3 is 20.7 Å². The molecule has 3 rings (SSSR count). The number of amides is 1. The highest BCUT2D eigenvalue weighted by Crippen LogP contribution is 2.32. The normalized spacial score (nSPS) is 12.4. The van der Waals surface area contributed by atoms with Crippen LogP contribution in [0.4, 0.5) is 11.6 Å². The van der Waals surface area contributed by atoms with Crippen molar-refractivity contribution >= 4 is 30.2 Å². The Bertz CT molecular complexity index is 1120. The van der Waals surface area contributed by atoms with E-state index in [0.717, 1.165) is 22.6 Å². The second-order valence-corrected chi connectivity index (χ2v) is 8.33. The molecular formula is C25H30N6O2S. The van der Waals surface area contributed by atoms with Crippen molar-refractivity contribution < 1.29 is 9.53 Å². The number of hydrogen-bond acceptors (Lipinski definition) is 8. The molecule has 178 valence electrons. The van der Waals surface area contributed by atoms with Crippen molar-refractivity contribution in [1.29, 1.82) is 0 Å². The van der Waals surface area contributed by atoms with E-state index in [1.165, 1.54) is 6.33 Å². The Hall–Kier alpha value is -3.59. The van der Waals surface area contributed by atoms with E-state index in [-0.39, 0.29) is 17.1 Å². The summed E-state index contributed by atoms with van der Waals surface area (Å²) in [6.45, 7) is 7.00. The Morgan fingerprint density at radius 1 is 1.15 bits per heavy atom. The summed E-state index contributed by atoms with van der Waals surface area (Å²) in [6.07, 6.45) is 5.08. The summed E-state index contributed by atoms with van der Waals surface area (Å²) in [5.41, 5.74) is 3.20. The van der Waals surface area contributed by atoms with Crippen LogP contribution in [0, 0.1) is 0 Å². The molecule has 34 heavy (non-hydrogen) atoms. The minimum Gasteiger partial charge on any atom is -0.496 e. The number of nitrogens with zero attached hydrogens (tertiary/aromatic N) is 3. The maximum atomic E-state index is 11.9. The van der Waals surface area contributed by atoms with Crippen molar-refractivity contribution in [2.24, 2.45) is 0 Å². The summed E-state index contributed by atoms with van der Waals surface area (Å²) in [5, 5.41) is 9.09. The fourth-order valence-corrected chi connectivity index (χ4v) is 3.66. The molecule has 0 bridgehead atoms. The lowest BCUT2D eigenvalue weighted by atomic mass is 9.95. The fraction of sp³-hybridized carbons (Fsp3) is 0.280. The monoisotopic (exact) mass is 478 g/mol. The largest absolute Gasteiger partial charge is 0.496 e. The molecule has 0 aliphatic carbocycles. The van der Waals surface area contributed by atoms with Gasteiger partial charge in [0.2, 0.25) is 0 Å². The lowest BCUT2D eigenvalue weighted by Gasteiger charge is -2.22. The molecular weight excluding hydrogens is 448 g/mol. The van der Waals surface area contributed by atoms with Crippen molar-refractivity contribution in [1.82, 2.24) is 20.3 Å². The number of ether oxygens (including phenoxy) is 1. The van der Waals surface area contributed by atoms with Crippen LogP contribution in [0.15, 0.2) is 61.6 Å². The van der Waals surface area contributed by atoms with Crippen molar-refractivity contribution in [2.45, 2.75) is 18.1 Å². The molecule has 3 N–H and O–H groups in total. The highest BCUT2D eigenvalue weighted by molar-refractivity contribution is 7.81. The molecule has 0 spiro atoms. The molecule has 2 aromatic heterocycles. The van der Waals surface area contributed by atoms with Crippen LogP contribution < -0.4 is 20.7 Å². The highest BCUT2D eigenvalue weighted by Gasteiger charge is 2.20. The second kappa shape index (κ2) is 12.0. The Labute approximate surface area is 205 Å². The summed E-state index contributed by atoms with van der Waals surface area (Å²) in [4.78, 5) is 25.0. The van der Waals surface area contributed by atoms with Gasteiger partial charge in [-0.2, -0.15) is 12.6 Å². The first-order chi connectivity index (χ1) is 16.5. The third kappa shape index (κ3) is 6.26. The smallest absolute Gasteiger partial charge is 0.251 e. The Morgan fingerprint density at radius 3 is 2.65 bits per heavy atom. The maximum absolute atomic E-state index is 11.9. The number of benzene rings is 1. The molecule has 0 aliphatic rings. The summed E-state index contributed by atoms with van der Waals surface area (Å²) < 4.78 is 5.54.